The second kappa shape index (κ2) is 6.32. The Morgan fingerprint density at radius 2 is 1.47 bits per heavy atom. The van der Waals surface area contributed by atoms with Crippen molar-refractivity contribution in [2.45, 2.75) is 82.4 Å². The van der Waals surface area contributed by atoms with Gasteiger partial charge in [0.05, 0.1) is 32.0 Å². The molecule has 5 nitrogen and oxygen atoms in total. The van der Waals surface area contributed by atoms with Gasteiger partial charge in [-0.3, -0.25) is 0 Å². The molecule has 0 amide bonds. The summed E-state index contributed by atoms with van der Waals surface area (Å²) in [5.74, 6) is 0.805. The van der Waals surface area contributed by atoms with Gasteiger partial charge in [-0.15, -0.1) is 6.58 Å². The molecule has 0 aromatic rings. The third-order valence-corrected chi connectivity index (χ3v) is 10.8. The van der Waals surface area contributed by atoms with Crippen molar-refractivity contribution in [2.24, 2.45) is 34.5 Å². The summed E-state index contributed by atoms with van der Waals surface area (Å²) in [6.07, 6.45) is 9.91. The summed E-state index contributed by atoms with van der Waals surface area (Å²) in [7, 11) is 0. The van der Waals surface area contributed by atoms with E-state index in [-0.39, 0.29) is 22.5 Å². The van der Waals surface area contributed by atoms with Crippen LogP contribution >= 0.6 is 0 Å². The van der Waals surface area contributed by atoms with Crippen LogP contribution in [0.4, 0.5) is 0 Å². The van der Waals surface area contributed by atoms with Crippen molar-refractivity contribution in [1.29, 1.82) is 0 Å². The van der Waals surface area contributed by atoms with Gasteiger partial charge in [0.1, 0.15) is 0 Å². The summed E-state index contributed by atoms with van der Waals surface area (Å²) in [5, 5.41) is 12.3. The van der Waals surface area contributed by atoms with Crippen LogP contribution < -0.4 is 0 Å². The molecule has 4 aliphatic carbocycles. The highest BCUT2D eigenvalue weighted by Gasteiger charge is 2.72. The summed E-state index contributed by atoms with van der Waals surface area (Å²) >= 11 is 0. The number of ether oxygens (including phenoxy) is 4. The average Bonchev–Trinajstić information content (AvgIpc) is 3.45. The molecule has 6 aliphatic rings. The molecule has 168 valence electrons. The van der Waals surface area contributed by atoms with Gasteiger partial charge in [0.25, 0.3) is 0 Å². The van der Waals surface area contributed by atoms with Gasteiger partial charge < -0.3 is 24.1 Å². The van der Waals surface area contributed by atoms with Crippen molar-refractivity contribution >= 4 is 0 Å². The highest BCUT2D eigenvalue weighted by Crippen LogP contribution is 2.72. The quantitative estimate of drug-likeness (QED) is 0.651. The standard InChI is InChI=1S/C25H38O5/c1-4-17-15-18-19(5-7-22(3)20(18)6-8-25(22)29-13-14-30-25)21(2)9-10-23(16-24(17,21)26)27-11-12-28-23/h4,17-20,26H,1,5-16H2,2-3H3/t17-,18-,19+,20+,21-,22+,24+/m1/s1. The third-order valence-electron chi connectivity index (χ3n) is 10.8. The first-order valence-corrected chi connectivity index (χ1v) is 12.2. The van der Waals surface area contributed by atoms with Crippen LogP contribution in [-0.2, 0) is 18.9 Å². The van der Waals surface area contributed by atoms with Crippen LogP contribution in [0.25, 0.3) is 0 Å². The molecular weight excluding hydrogens is 380 g/mol. The molecule has 30 heavy (non-hydrogen) atoms. The van der Waals surface area contributed by atoms with Gasteiger partial charge in [-0.05, 0) is 49.9 Å². The highest BCUT2D eigenvalue weighted by molar-refractivity contribution is 5.21. The molecule has 0 aromatic heterocycles. The SMILES string of the molecule is C=C[C@@H]1C[C@H]2[C@@H]3CCC4(OCCO4)[C@@]3(C)CC[C@@H]2[C@@]2(C)CCC3(C[C@]12O)OCCO3. The van der Waals surface area contributed by atoms with E-state index in [0.717, 1.165) is 51.7 Å². The smallest absolute Gasteiger partial charge is 0.174 e. The van der Waals surface area contributed by atoms with Crippen LogP contribution in [0.1, 0.15) is 65.2 Å². The maximum absolute atomic E-state index is 12.3. The molecule has 2 spiro atoms. The zero-order chi connectivity index (χ0) is 20.8. The maximum Gasteiger partial charge on any atom is 0.174 e. The molecular formula is C25H38O5. The van der Waals surface area contributed by atoms with Crippen LogP contribution in [0.15, 0.2) is 12.7 Å². The Morgan fingerprint density at radius 3 is 2.17 bits per heavy atom. The second-order valence-corrected chi connectivity index (χ2v) is 11.5. The average molecular weight is 419 g/mol. The fourth-order valence-electron chi connectivity index (χ4n) is 9.24. The minimum Gasteiger partial charge on any atom is -0.388 e. The van der Waals surface area contributed by atoms with Crippen LogP contribution in [0.2, 0.25) is 0 Å². The van der Waals surface area contributed by atoms with E-state index in [1.165, 1.54) is 6.42 Å². The van der Waals surface area contributed by atoms with Crippen molar-refractivity contribution < 1.29 is 24.1 Å². The Balaban J connectivity index is 1.37. The summed E-state index contributed by atoms with van der Waals surface area (Å²) in [6.45, 7) is 11.7. The minimum absolute atomic E-state index is 0.0676. The molecule has 6 rings (SSSR count). The Bertz CT molecular complexity index is 725. The van der Waals surface area contributed by atoms with E-state index in [1.807, 2.05) is 6.08 Å². The summed E-state index contributed by atoms with van der Waals surface area (Å²) in [6, 6.07) is 0. The zero-order valence-electron chi connectivity index (χ0n) is 18.7. The topological polar surface area (TPSA) is 57.2 Å². The largest absolute Gasteiger partial charge is 0.388 e. The molecule has 0 aromatic carbocycles. The van der Waals surface area contributed by atoms with Gasteiger partial charge in [-0.1, -0.05) is 19.9 Å². The lowest BCUT2D eigenvalue weighted by atomic mass is 9.41. The number of hydrogen-bond acceptors (Lipinski definition) is 5. The van der Waals surface area contributed by atoms with Crippen molar-refractivity contribution in [1.82, 2.24) is 0 Å². The molecule has 2 aliphatic heterocycles. The van der Waals surface area contributed by atoms with E-state index < -0.39 is 11.4 Å². The molecule has 4 saturated carbocycles. The monoisotopic (exact) mass is 418 g/mol. The molecule has 6 fully saturated rings. The Labute approximate surface area is 180 Å². The van der Waals surface area contributed by atoms with Crippen molar-refractivity contribution in [3.8, 4) is 0 Å². The Hall–Kier alpha value is -0.460. The summed E-state index contributed by atoms with van der Waals surface area (Å²) in [4.78, 5) is 0. The third kappa shape index (κ3) is 2.27. The molecule has 1 N–H and O–H groups in total. The predicted molar refractivity (Wildman–Crippen MR) is 112 cm³/mol. The maximum atomic E-state index is 12.3. The molecule has 7 atom stereocenters. The Kier molecular flexibility index (Phi) is 4.25. The second-order valence-electron chi connectivity index (χ2n) is 11.5. The first-order chi connectivity index (χ1) is 14.3. The molecule has 2 heterocycles. The van der Waals surface area contributed by atoms with Crippen molar-refractivity contribution in [3.63, 3.8) is 0 Å². The zero-order valence-corrected chi connectivity index (χ0v) is 18.7. The lowest BCUT2D eigenvalue weighted by Crippen LogP contribution is -2.68. The van der Waals surface area contributed by atoms with Crippen molar-refractivity contribution in [3.05, 3.63) is 12.7 Å². The van der Waals surface area contributed by atoms with Gasteiger partial charge in [-0.2, -0.15) is 0 Å². The van der Waals surface area contributed by atoms with Gasteiger partial charge >= 0.3 is 0 Å². The predicted octanol–water partition coefficient (Wildman–Crippen LogP) is 4.04. The van der Waals surface area contributed by atoms with Gasteiger partial charge in [0.15, 0.2) is 11.6 Å². The van der Waals surface area contributed by atoms with E-state index in [0.29, 0.717) is 37.4 Å². The number of rotatable bonds is 1. The summed E-state index contributed by atoms with van der Waals surface area (Å²) in [5.41, 5.74) is -0.873. The van der Waals surface area contributed by atoms with Gasteiger partial charge in [0.2, 0.25) is 0 Å². The molecule has 0 radical (unpaired) electrons. The lowest BCUT2D eigenvalue weighted by molar-refractivity contribution is -0.304. The first kappa shape index (κ1) is 20.2. The Morgan fingerprint density at radius 1 is 0.833 bits per heavy atom. The number of aliphatic hydroxyl groups is 1. The van der Waals surface area contributed by atoms with Gasteiger partial charge in [-0.25, -0.2) is 0 Å². The van der Waals surface area contributed by atoms with E-state index in [9.17, 15) is 5.11 Å². The van der Waals surface area contributed by atoms with Crippen LogP contribution in [-0.4, -0.2) is 48.7 Å². The number of hydrogen-bond donors (Lipinski definition) is 1. The van der Waals surface area contributed by atoms with Gasteiger partial charge in [0, 0.05) is 36.0 Å². The van der Waals surface area contributed by atoms with E-state index in [4.69, 9.17) is 18.9 Å². The van der Waals surface area contributed by atoms with Crippen LogP contribution in [0.5, 0.6) is 0 Å². The molecule has 0 unspecified atom stereocenters. The highest BCUT2D eigenvalue weighted by atomic mass is 16.7. The minimum atomic E-state index is -0.817. The fraction of sp³-hybridized carbons (Fsp3) is 0.920. The molecule has 5 heteroatoms. The van der Waals surface area contributed by atoms with Crippen LogP contribution in [0.3, 0.4) is 0 Å². The fourth-order valence-corrected chi connectivity index (χ4v) is 9.24. The van der Waals surface area contributed by atoms with E-state index in [2.05, 4.69) is 20.4 Å². The van der Waals surface area contributed by atoms with Crippen molar-refractivity contribution in [2.75, 3.05) is 26.4 Å². The normalized spacial score (nSPS) is 53.4. The summed E-state index contributed by atoms with van der Waals surface area (Å²) < 4.78 is 24.7. The number of fused-ring (bicyclic) bond motifs is 6. The lowest BCUT2D eigenvalue weighted by Gasteiger charge is -2.67. The first-order valence-electron chi connectivity index (χ1n) is 12.2. The molecule has 0 bridgehead atoms. The van der Waals surface area contributed by atoms with E-state index in [1.54, 1.807) is 0 Å². The van der Waals surface area contributed by atoms with Crippen LogP contribution in [0, 0.1) is 34.5 Å². The molecule has 2 saturated heterocycles. The van der Waals surface area contributed by atoms with E-state index >= 15 is 0 Å².